The number of carboxylic acid groups (broad SMARTS) is 1. The minimum absolute atomic E-state index is 0.204. The summed E-state index contributed by atoms with van der Waals surface area (Å²) in [7, 11) is 0. The molecule has 0 aliphatic carbocycles. The van der Waals surface area contributed by atoms with E-state index in [4.69, 9.17) is 9.84 Å². The Bertz CT molecular complexity index is 312. The smallest absolute Gasteiger partial charge is 0.325 e. The summed E-state index contributed by atoms with van der Waals surface area (Å²) in [5.41, 5.74) is 0. The molecule has 6 nitrogen and oxygen atoms in total. The number of carbonyl (C=O) groups excluding carboxylic acids is 1. The zero-order chi connectivity index (χ0) is 14.4. The van der Waals surface area contributed by atoms with E-state index in [9.17, 15) is 9.59 Å². The molecule has 110 valence electrons. The molecule has 2 N–H and O–H groups in total. The van der Waals surface area contributed by atoms with Crippen molar-refractivity contribution in [2.75, 3.05) is 19.6 Å². The molecule has 1 heterocycles. The Morgan fingerprint density at radius 3 is 2.47 bits per heavy atom. The third-order valence-corrected chi connectivity index (χ3v) is 3.12. The fourth-order valence-electron chi connectivity index (χ4n) is 2.31. The van der Waals surface area contributed by atoms with E-state index in [-0.39, 0.29) is 18.1 Å². The van der Waals surface area contributed by atoms with Crippen LogP contribution < -0.4 is 5.32 Å². The van der Waals surface area contributed by atoms with Crippen LogP contribution in [0.2, 0.25) is 0 Å². The van der Waals surface area contributed by atoms with Crippen LogP contribution in [0.1, 0.15) is 33.6 Å². The number of aliphatic carboxylic acids is 1. The van der Waals surface area contributed by atoms with Crippen LogP contribution in [0.5, 0.6) is 0 Å². The number of rotatable bonds is 6. The van der Waals surface area contributed by atoms with Crippen molar-refractivity contribution in [3.8, 4) is 0 Å². The molecular weight excluding hydrogens is 248 g/mol. The van der Waals surface area contributed by atoms with E-state index in [0.29, 0.717) is 6.42 Å². The maximum absolute atomic E-state index is 11.5. The lowest BCUT2D eigenvalue weighted by molar-refractivity contribution is -0.141. The van der Waals surface area contributed by atoms with Crippen LogP contribution in [0, 0.1) is 0 Å². The summed E-state index contributed by atoms with van der Waals surface area (Å²) in [6, 6.07) is -0.823. The molecule has 19 heavy (non-hydrogen) atoms. The van der Waals surface area contributed by atoms with E-state index in [1.165, 1.54) is 6.92 Å². The molecule has 3 unspecified atom stereocenters. The van der Waals surface area contributed by atoms with E-state index >= 15 is 0 Å². The van der Waals surface area contributed by atoms with Crippen LogP contribution >= 0.6 is 0 Å². The highest BCUT2D eigenvalue weighted by molar-refractivity contribution is 5.83. The second-order valence-corrected chi connectivity index (χ2v) is 5.25. The first-order valence-electron chi connectivity index (χ1n) is 6.78. The second kappa shape index (κ2) is 7.45. The normalized spacial score (nSPS) is 25.8. The molecule has 1 saturated heterocycles. The van der Waals surface area contributed by atoms with E-state index in [0.717, 1.165) is 26.1 Å². The number of amides is 1. The summed E-state index contributed by atoms with van der Waals surface area (Å²) < 4.78 is 5.64. The average molecular weight is 272 g/mol. The van der Waals surface area contributed by atoms with E-state index in [1.54, 1.807) is 0 Å². The minimum atomic E-state index is -1.01. The molecule has 6 heteroatoms. The largest absolute Gasteiger partial charge is 0.480 e. The first-order chi connectivity index (χ1) is 8.88. The lowest BCUT2D eigenvalue weighted by Crippen LogP contribution is -2.46. The maximum atomic E-state index is 11.5. The highest BCUT2D eigenvalue weighted by Gasteiger charge is 2.22. The lowest BCUT2D eigenvalue weighted by atomic mass is 10.2. The number of ether oxygens (including phenoxy) is 1. The number of carbonyl (C=O) groups is 2. The standard InChI is InChI=1S/C13H24N2O4/c1-9-7-15(8-10(2)19-9)6-4-5-12(16)14-11(3)13(17)18/h9-11H,4-8H2,1-3H3,(H,14,16)(H,17,18). The summed E-state index contributed by atoms with van der Waals surface area (Å²) in [6.07, 6.45) is 1.55. The van der Waals surface area contributed by atoms with Gasteiger partial charge >= 0.3 is 5.97 Å². The van der Waals surface area contributed by atoms with Crippen molar-refractivity contribution in [2.45, 2.75) is 51.9 Å². The Labute approximate surface area is 114 Å². The molecule has 0 aromatic heterocycles. The van der Waals surface area contributed by atoms with Crippen molar-refractivity contribution in [2.24, 2.45) is 0 Å². The molecule has 0 spiro atoms. The Balaban J connectivity index is 2.19. The van der Waals surface area contributed by atoms with Gasteiger partial charge in [-0.25, -0.2) is 0 Å². The number of hydrogen-bond donors (Lipinski definition) is 2. The first kappa shape index (κ1) is 15.9. The van der Waals surface area contributed by atoms with Gasteiger partial charge in [0.05, 0.1) is 12.2 Å². The number of nitrogens with one attached hydrogen (secondary N) is 1. The van der Waals surface area contributed by atoms with Gasteiger partial charge in [0.2, 0.25) is 5.91 Å². The van der Waals surface area contributed by atoms with Gasteiger partial charge in [-0.15, -0.1) is 0 Å². The topological polar surface area (TPSA) is 78.9 Å². The molecule has 1 rings (SSSR count). The van der Waals surface area contributed by atoms with Gasteiger partial charge in [-0.2, -0.15) is 0 Å². The van der Waals surface area contributed by atoms with Gasteiger partial charge in [-0.3, -0.25) is 14.5 Å². The number of morpholine rings is 1. The molecule has 1 fully saturated rings. The van der Waals surface area contributed by atoms with Gasteiger partial charge in [0.15, 0.2) is 0 Å². The van der Waals surface area contributed by atoms with Crippen molar-refractivity contribution in [1.29, 1.82) is 0 Å². The van der Waals surface area contributed by atoms with Gasteiger partial charge in [0.1, 0.15) is 6.04 Å². The van der Waals surface area contributed by atoms with E-state index in [1.807, 2.05) is 13.8 Å². The van der Waals surface area contributed by atoms with Crippen molar-refractivity contribution in [3.63, 3.8) is 0 Å². The second-order valence-electron chi connectivity index (χ2n) is 5.25. The van der Waals surface area contributed by atoms with Crippen LogP contribution in [0.25, 0.3) is 0 Å². The van der Waals surface area contributed by atoms with E-state index in [2.05, 4.69) is 10.2 Å². The van der Waals surface area contributed by atoms with Crippen molar-refractivity contribution in [3.05, 3.63) is 0 Å². The Morgan fingerprint density at radius 1 is 1.37 bits per heavy atom. The van der Waals surface area contributed by atoms with Crippen LogP contribution in [0.15, 0.2) is 0 Å². The van der Waals surface area contributed by atoms with Crippen molar-refractivity contribution in [1.82, 2.24) is 10.2 Å². The van der Waals surface area contributed by atoms with Crippen LogP contribution in [-0.4, -0.2) is 59.8 Å². The molecule has 0 radical (unpaired) electrons. The molecule has 0 bridgehead atoms. The summed E-state index contributed by atoms with van der Waals surface area (Å²) in [5.74, 6) is -1.21. The highest BCUT2D eigenvalue weighted by Crippen LogP contribution is 2.11. The Hall–Kier alpha value is -1.14. The number of carboxylic acids is 1. The van der Waals surface area contributed by atoms with Crippen LogP contribution in [0.3, 0.4) is 0 Å². The van der Waals surface area contributed by atoms with Crippen molar-refractivity contribution >= 4 is 11.9 Å². The van der Waals surface area contributed by atoms with Gasteiger partial charge < -0.3 is 15.2 Å². The predicted octanol–water partition coefficient (Wildman–Crippen LogP) is 0.465. The number of nitrogens with zero attached hydrogens (tertiary/aromatic N) is 1. The molecule has 0 aromatic rings. The third kappa shape index (κ3) is 6.02. The average Bonchev–Trinajstić information content (AvgIpc) is 2.27. The SMILES string of the molecule is CC1CN(CCCC(=O)NC(C)C(=O)O)CC(C)O1. The van der Waals surface area contributed by atoms with Gasteiger partial charge in [-0.1, -0.05) is 0 Å². The van der Waals surface area contributed by atoms with E-state index < -0.39 is 12.0 Å². The molecule has 0 aromatic carbocycles. The molecule has 1 amide bonds. The summed E-state index contributed by atoms with van der Waals surface area (Å²) in [6.45, 7) is 8.17. The number of hydrogen-bond acceptors (Lipinski definition) is 4. The summed E-state index contributed by atoms with van der Waals surface area (Å²) >= 11 is 0. The van der Waals surface area contributed by atoms with Gasteiger partial charge in [0.25, 0.3) is 0 Å². The quantitative estimate of drug-likeness (QED) is 0.734. The van der Waals surface area contributed by atoms with Gasteiger partial charge in [0, 0.05) is 19.5 Å². The summed E-state index contributed by atoms with van der Waals surface area (Å²) in [5, 5.41) is 11.1. The highest BCUT2D eigenvalue weighted by atomic mass is 16.5. The predicted molar refractivity (Wildman–Crippen MR) is 70.9 cm³/mol. The minimum Gasteiger partial charge on any atom is -0.480 e. The maximum Gasteiger partial charge on any atom is 0.325 e. The zero-order valence-electron chi connectivity index (χ0n) is 11.9. The lowest BCUT2D eigenvalue weighted by Gasteiger charge is -2.35. The Kier molecular flexibility index (Phi) is 6.24. The molecule has 1 aliphatic rings. The first-order valence-corrected chi connectivity index (χ1v) is 6.78. The van der Waals surface area contributed by atoms with Crippen LogP contribution in [0.4, 0.5) is 0 Å². The monoisotopic (exact) mass is 272 g/mol. The molecule has 1 aliphatic heterocycles. The van der Waals surface area contributed by atoms with Crippen LogP contribution in [-0.2, 0) is 14.3 Å². The summed E-state index contributed by atoms with van der Waals surface area (Å²) in [4.78, 5) is 24.4. The fraction of sp³-hybridized carbons (Fsp3) is 0.846. The molecular formula is C13H24N2O4. The van der Waals surface area contributed by atoms with Gasteiger partial charge in [-0.05, 0) is 33.7 Å². The third-order valence-electron chi connectivity index (χ3n) is 3.12. The fourth-order valence-corrected chi connectivity index (χ4v) is 2.31. The zero-order valence-corrected chi connectivity index (χ0v) is 11.9. The molecule has 3 atom stereocenters. The Morgan fingerprint density at radius 2 is 1.95 bits per heavy atom. The molecule has 0 saturated carbocycles. The van der Waals surface area contributed by atoms with Crippen molar-refractivity contribution < 1.29 is 19.4 Å².